The van der Waals surface area contributed by atoms with Crippen molar-refractivity contribution >= 4 is 0 Å². The molecule has 1 unspecified atom stereocenters. The van der Waals surface area contributed by atoms with Crippen molar-refractivity contribution in [2.24, 2.45) is 0 Å². The predicted octanol–water partition coefficient (Wildman–Crippen LogP) is 2.73. The number of hydrogen-bond acceptors (Lipinski definition) is 5. The molecule has 0 aliphatic carbocycles. The van der Waals surface area contributed by atoms with E-state index in [-0.39, 0.29) is 19.0 Å². The van der Waals surface area contributed by atoms with Crippen molar-refractivity contribution in [3.63, 3.8) is 0 Å². The maximum atomic E-state index is 13.8. The lowest BCUT2D eigenvalue weighted by molar-refractivity contribution is -0.0687. The molecule has 1 saturated heterocycles. The van der Waals surface area contributed by atoms with Crippen LogP contribution in [0.15, 0.2) is 42.5 Å². The topological polar surface area (TPSA) is 62.2 Å². The quantitative estimate of drug-likeness (QED) is 0.779. The first-order valence-electron chi connectivity index (χ1n) is 9.12. The highest BCUT2D eigenvalue weighted by molar-refractivity contribution is 5.43. The van der Waals surface area contributed by atoms with Gasteiger partial charge >= 0.3 is 0 Å². The highest BCUT2D eigenvalue weighted by atomic mass is 19.1. The average Bonchev–Trinajstić information content (AvgIpc) is 2.67. The van der Waals surface area contributed by atoms with Gasteiger partial charge in [-0.3, -0.25) is 4.90 Å². The van der Waals surface area contributed by atoms with Crippen LogP contribution in [0.4, 0.5) is 4.39 Å². The molecular formula is C21H26FNO4. The van der Waals surface area contributed by atoms with Crippen LogP contribution in [0.5, 0.6) is 11.5 Å². The van der Waals surface area contributed by atoms with Gasteiger partial charge in [0, 0.05) is 18.7 Å². The number of rotatable bonds is 7. The number of halogens is 1. The number of ether oxygens (including phenoxy) is 2. The molecule has 0 saturated carbocycles. The minimum absolute atomic E-state index is 0.112. The number of piperidine rings is 1. The number of methoxy groups -OCH3 is 1. The zero-order chi connectivity index (χ0) is 19.3. The van der Waals surface area contributed by atoms with Crippen molar-refractivity contribution < 1.29 is 24.1 Å². The first-order chi connectivity index (χ1) is 13.0. The van der Waals surface area contributed by atoms with Crippen LogP contribution in [0, 0.1) is 5.82 Å². The maximum absolute atomic E-state index is 13.8. The van der Waals surface area contributed by atoms with Gasteiger partial charge in [0.1, 0.15) is 18.0 Å². The molecule has 5 nitrogen and oxygen atoms in total. The van der Waals surface area contributed by atoms with Gasteiger partial charge in [-0.25, -0.2) is 4.39 Å². The summed E-state index contributed by atoms with van der Waals surface area (Å²) in [7, 11) is 1.57. The normalized spacial score (nSPS) is 20.4. The summed E-state index contributed by atoms with van der Waals surface area (Å²) in [5, 5.41) is 19.7. The van der Waals surface area contributed by atoms with Gasteiger partial charge in [-0.05, 0) is 43.1 Å². The zero-order valence-electron chi connectivity index (χ0n) is 15.5. The lowest BCUT2D eigenvalue weighted by Crippen LogP contribution is -2.50. The number of aliphatic hydroxyl groups is 2. The summed E-state index contributed by atoms with van der Waals surface area (Å²) in [5.74, 6) is 0.831. The minimum atomic E-state index is -1.03. The van der Waals surface area contributed by atoms with E-state index in [1.807, 2.05) is 18.2 Å². The Morgan fingerprint density at radius 3 is 2.74 bits per heavy atom. The molecule has 1 fully saturated rings. The summed E-state index contributed by atoms with van der Waals surface area (Å²) in [6.07, 6.45) is 1.45. The molecule has 27 heavy (non-hydrogen) atoms. The van der Waals surface area contributed by atoms with Crippen molar-refractivity contribution in [1.82, 2.24) is 4.90 Å². The number of aliphatic hydroxyl groups excluding tert-OH is 1. The summed E-state index contributed by atoms with van der Waals surface area (Å²) in [4.78, 5) is 2.11. The number of benzene rings is 2. The molecule has 2 aromatic rings. The van der Waals surface area contributed by atoms with E-state index in [4.69, 9.17) is 9.47 Å². The Hall–Kier alpha value is -2.15. The van der Waals surface area contributed by atoms with Crippen LogP contribution in [0.25, 0.3) is 0 Å². The lowest BCUT2D eigenvalue weighted by atomic mass is 9.93. The van der Waals surface area contributed by atoms with E-state index in [1.165, 1.54) is 6.07 Å². The summed E-state index contributed by atoms with van der Waals surface area (Å²) >= 11 is 0. The third-order valence-corrected chi connectivity index (χ3v) is 4.90. The molecule has 2 aromatic carbocycles. The van der Waals surface area contributed by atoms with E-state index in [9.17, 15) is 14.6 Å². The summed E-state index contributed by atoms with van der Waals surface area (Å²) in [5.41, 5.74) is 0.449. The number of hydrogen-bond donors (Lipinski definition) is 2. The molecule has 6 heteroatoms. The maximum Gasteiger partial charge on any atom is 0.161 e. The fourth-order valence-electron chi connectivity index (χ4n) is 3.43. The second-order valence-electron chi connectivity index (χ2n) is 7.06. The van der Waals surface area contributed by atoms with Gasteiger partial charge < -0.3 is 19.7 Å². The van der Waals surface area contributed by atoms with Crippen LogP contribution in [-0.4, -0.2) is 47.5 Å². The second-order valence-corrected chi connectivity index (χ2v) is 7.06. The van der Waals surface area contributed by atoms with E-state index in [2.05, 4.69) is 4.90 Å². The largest absolute Gasteiger partial charge is 0.493 e. The van der Waals surface area contributed by atoms with Gasteiger partial charge in [0.25, 0.3) is 0 Å². The molecule has 1 atom stereocenters. The average molecular weight is 375 g/mol. The Bertz CT molecular complexity index is 770. The van der Waals surface area contributed by atoms with Crippen LogP contribution < -0.4 is 9.47 Å². The third-order valence-electron chi connectivity index (χ3n) is 4.90. The highest BCUT2D eigenvalue weighted by Gasteiger charge is 2.32. The molecule has 146 valence electrons. The fraction of sp³-hybridized carbons (Fsp3) is 0.429. The molecule has 0 aromatic heterocycles. The first kappa shape index (κ1) is 19.6. The molecule has 2 N–H and O–H groups in total. The molecular weight excluding hydrogens is 349 g/mol. The van der Waals surface area contributed by atoms with Crippen LogP contribution in [0.3, 0.4) is 0 Å². The molecule has 0 radical (unpaired) electrons. The molecule has 0 bridgehead atoms. The molecule has 0 spiro atoms. The van der Waals surface area contributed by atoms with Crippen LogP contribution in [-0.2, 0) is 13.2 Å². The number of likely N-dealkylation sites (tertiary alicyclic amines) is 1. The van der Waals surface area contributed by atoms with Gasteiger partial charge in [0.2, 0.25) is 0 Å². The fourth-order valence-corrected chi connectivity index (χ4v) is 3.43. The van der Waals surface area contributed by atoms with Crippen LogP contribution >= 0.6 is 0 Å². The Labute approximate surface area is 159 Å². The zero-order valence-corrected chi connectivity index (χ0v) is 15.5. The van der Waals surface area contributed by atoms with Crippen molar-refractivity contribution in [2.75, 3.05) is 26.8 Å². The smallest absolute Gasteiger partial charge is 0.161 e. The number of β-amino-alcohol motifs (C(OH)–C–C–N with tert-alkyl or cyclic N) is 1. The van der Waals surface area contributed by atoms with E-state index in [0.717, 1.165) is 18.5 Å². The van der Waals surface area contributed by atoms with E-state index >= 15 is 0 Å². The Kier molecular flexibility index (Phi) is 6.31. The van der Waals surface area contributed by atoms with Crippen LogP contribution in [0.2, 0.25) is 0 Å². The van der Waals surface area contributed by atoms with Gasteiger partial charge in [0.15, 0.2) is 11.5 Å². The molecule has 1 heterocycles. The lowest BCUT2D eigenvalue weighted by Gasteiger charge is -2.38. The Morgan fingerprint density at radius 1 is 1.19 bits per heavy atom. The van der Waals surface area contributed by atoms with E-state index in [0.29, 0.717) is 36.6 Å². The monoisotopic (exact) mass is 375 g/mol. The Morgan fingerprint density at radius 2 is 2.00 bits per heavy atom. The van der Waals surface area contributed by atoms with Gasteiger partial charge in [-0.1, -0.05) is 24.3 Å². The minimum Gasteiger partial charge on any atom is -0.493 e. The van der Waals surface area contributed by atoms with Gasteiger partial charge in [-0.15, -0.1) is 0 Å². The molecule has 1 aliphatic heterocycles. The predicted molar refractivity (Wildman–Crippen MR) is 100 cm³/mol. The summed E-state index contributed by atoms with van der Waals surface area (Å²) < 4.78 is 25.0. The molecule has 1 aliphatic rings. The molecule has 3 rings (SSSR count). The standard InChI is InChI=1S/C21H26FNO4/c1-26-19-8-7-16(12-23-10-4-9-21(25,14-23)15-24)11-20(19)27-13-17-5-2-3-6-18(17)22/h2-3,5-8,11,24-25H,4,9-10,12-15H2,1H3. The van der Waals surface area contributed by atoms with E-state index in [1.54, 1.807) is 25.3 Å². The summed E-state index contributed by atoms with van der Waals surface area (Å²) in [6, 6.07) is 12.2. The Balaban J connectivity index is 1.70. The SMILES string of the molecule is COc1ccc(CN2CCCC(O)(CO)C2)cc1OCc1ccccc1F. The van der Waals surface area contributed by atoms with Gasteiger partial charge in [0.05, 0.1) is 13.7 Å². The highest BCUT2D eigenvalue weighted by Crippen LogP contribution is 2.30. The van der Waals surface area contributed by atoms with Crippen molar-refractivity contribution in [3.8, 4) is 11.5 Å². The second kappa shape index (κ2) is 8.69. The third kappa shape index (κ3) is 4.97. The number of nitrogens with zero attached hydrogens (tertiary/aromatic N) is 1. The molecule has 0 amide bonds. The van der Waals surface area contributed by atoms with Crippen molar-refractivity contribution in [3.05, 3.63) is 59.4 Å². The van der Waals surface area contributed by atoms with Crippen molar-refractivity contribution in [2.45, 2.75) is 31.6 Å². The van der Waals surface area contributed by atoms with E-state index < -0.39 is 5.60 Å². The first-order valence-corrected chi connectivity index (χ1v) is 9.12. The van der Waals surface area contributed by atoms with Crippen molar-refractivity contribution in [1.29, 1.82) is 0 Å². The van der Waals surface area contributed by atoms with Crippen LogP contribution in [0.1, 0.15) is 24.0 Å². The summed E-state index contributed by atoms with van der Waals surface area (Å²) in [6.45, 7) is 1.80. The van der Waals surface area contributed by atoms with Gasteiger partial charge in [-0.2, -0.15) is 0 Å².